The summed E-state index contributed by atoms with van der Waals surface area (Å²) in [4.78, 5) is 16.5. The Bertz CT molecular complexity index is 399. The SMILES string of the molecule is CCN1CCN(C(=O)CCNCc2ccccc2)CC1. The average Bonchev–Trinajstić information content (AvgIpc) is 2.52. The van der Waals surface area contributed by atoms with Crippen molar-refractivity contribution in [3.8, 4) is 0 Å². The van der Waals surface area contributed by atoms with Gasteiger partial charge in [0, 0.05) is 45.7 Å². The summed E-state index contributed by atoms with van der Waals surface area (Å²) in [6.45, 7) is 8.63. The van der Waals surface area contributed by atoms with Crippen molar-refractivity contribution in [1.82, 2.24) is 15.1 Å². The van der Waals surface area contributed by atoms with Crippen molar-refractivity contribution in [2.75, 3.05) is 39.3 Å². The number of hydrogen-bond acceptors (Lipinski definition) is 3. The van der Waals surface area contributed by atoms with Crippen LogP contribution in [0.4, 0.5) is 0 Å². The summed E-state index contributed by atoms with van der Waals surface area (Å²) in [7, 11) is 0. The highest BCUT2D eigenvalue weighted by Gasteiger charge is 2.19. The van der Waals surface area contributed by atoms with Crippen molar-refractivity contribution in [2.24, 2.45) is 0 Å². The smallest absolute Gasteiger partial charge is 0.223 e. The first-order chi connectivity index (χ1) is 9.79. The molecule has 20 heavy (non-hydrogen) atoms. The summed E-state index contributed by atoms with van der Waals surface area (Å²) in [6, 6.07) is 10.3. The Balaban J connectivity index is 1.61. The van der Waals surface area contributed by atoms with Crippen molar-refractivity contribution >= 4 is 5.91 Å². The molecular weight excluding hydrogens is 250 g/mol. The first-order valence-electron chi connectivity index (χ1n) is 7.54. The van der Waals surface area contributed by atoms with Gasteiger partial charge in [0.2, 0.25) is 5.91 Å². The molecule has 1 aromatic rings. The Morgan fingerprint density at radius 2 is 1.85 bits per heavy atom. The van der Waals surface area contributed by atoms with Gasteiger partial charge in [-0.3, -0.25) is 4.79 Å². The topological polar surface area (TPSA) is 35.6 Å². The maximum absolute atomic E-state index is 12.1. The standard InChI is InChI=1S/C16H25N3O/c1-2-18-10-12-19(13-11-18)16(20)8-9-17-14-15-6-4-3-5-7-15/h3-7,17H,2,8-14H2,1H3. The quantitative estimate of drug-likeness (QED) is 0.796. The molecule has 110 valence electrons. The molecule has 1 aliphatic rings. The normalized spacial score (nSPS) is 16.4. The lowest BCUT2D eigenvalue weighted by Gasteiger charge is -2.34. The Hall–Kier alpha value is -1.39. The van der Waals surface area contributed by atoms with Crippen LogP contribution in [0.2, 0.25) is 0 Å². The maximum atomic E-state index is 12.1. The summed E-state index contributed by atoms with van der Waals surface area (Å²) in [5.41, 5.74) is 1.26. The number of piperazine rings is 1. The lowest BCUT2D eigenvalue weighted by molar-refractivity contribution is -0.132. The van der Waals surface area contributed by atoms with Gasteiger partial charge in [0.1, 0.15) is 0 Å². The fourth-order valence-corrected chi connectivity index (χ4v) is 2.50. The molecule has 0 aromatic heterocycles. The molecule has 4 nitrogen and oxygen atoms in total. The Morgan fingerprint density at radius 3 is 2.50 bits per heavy atom. The molecule has 2 rings (SSSR count). The van der Waals surface area contributed by atoms with Crippen molar-refractivity contribution in [2.45, 2.75) is 19.9 Å². The van der Waals surface area contributed by atoms with E-state index in [1.807, 2.05) is 23.1 Å². The molecule has 0 bridgehead atoms. The van der Waals surface area contributed by atoms with Gasteiger partial charge in [0.25, 0.3) is 0 Å². The van der Waals surface area contributed by atoms with Gasteiger partial charge in [-0.15, -0.1) is 0 Å². The van der Waals surface area contributed by atoms with Crippen LogP contribution < -0.4 is 5.32 Å². The minimum absolute atomic E-state index is 0.279. The molecule has 1 aromatic carbocycles. The lowest BCUT2D eigenvalue weighted by Crippen LogP contribution is -2.48. The van der Waals surface area contributed by atoms with Crippen LogP contribution in [-0.2, 0) is 11.3 Å². The Labute approximate surface area is 121 Å². The van der Waals surface area contributed by atoms with Gasteiger partial charge in [-0.25, -0.2) is 0 Å². The third-order valence-corrected chi connectivity index (χ3v) is 3.86. The molecule has 0 aliphatic carbocycles. The number of benzene rings is 1. The van der Waals surface area contributed by atoms with Crippen LogP contribution in [0.15, 0.2) is 30.3 Å². The van der Waals surface area contributed by atoms with E-state index >= 15 is 0 Å². The molecular formula is C16H25N3O. The van der Waals surface area contributed by atoms with Crippen LogP contribution in [-0.4, -0.2) is 55.0 Å². The molecule has 1 amide bonds. The zero-order chi connectivity index (χ0) is 14.2. The van der Waals surface area contributed by atoms with E-state index in [0.717, 1.165) is 45.8 Å². The van der Waals surface area contributed by atoms with E-state index in [0.29, 0.717) is 6.42 Å². The first kappa shape index (κ1) is 15.0. The molecule has 1 heterocycles. The fourth-order valence-electron chi connectivity index (χ4n) is 2.50. The number of hydrogen-bond donors (Lipinski definition) is 1. The summed E-state index contributed by atoms with van der Waals surface area (Å²) >= 11 is 0. The highest BCUT2D eigenvalue weighted by molar-refractivity contribution is 5.76. The molecule has 1 saturated heterocycles. The van der Waals surface area contributed by atoms with E-state index in [9.17, 15) is 4.79 Å². The monoisotopic (exact) mass is 275 g/mol. The van der Waals surface area contributed by atoms with Crippen LogP contribution in [0.3, 0.4) is 0 Å². The summed E-state index contributed by atoms with van der Waals surface area (Å²) in [5, 5.41) is 3.33. The molecule has 0 radical (unpaired) electrons. The van der Waals surface area contributed by atoms with Gasteiger partial charge < -0.3 is 15.1 Å². The summed E-state index contributed by atoms with van der Waals surface area (Å²) in [6.07, 6.45) is 0.596. The summed E-state index contributed by atoms with van der Waals surface area (Å²) < 4.78 is 0. The van der Waals surface area contributed by atoms with Crippen molar-refractivity contribution < 1.29 is 4.79 Å². The van der Waals surface area contributed by atoms with E-state index in [4.69, 9.17) is 0 Å². The average molecular weight is 275 g/mol. The van der Waals surface area contributed by atoms with Gasteiger partial charge in [-0.1, -0.05) is 37.3 Å². The molecule has 4 heteroatoms. The maximum Gasteiger partial charge on any atom is 0.223 e. The second-order valence-electron chi connectivity index (χ2n) is 5.23. The second-order valence-corrected chi connectivity index (χ2v) is 5.23. The van der Waals surface area contributed by atoms with Crippen LogP contribution in [0.1, 0.15) is 18.9 Å². The molecule has 0 atom stereocenters. The zero-order valence-electron chi connectivity index (χ0n) is 12.3. The van der Waals surface area contributed by atoms with E-state index in [2.05, 4.69) is 29.3 Å². The van der Waals surface area contributed by atoms with Crippen molar-refractivity contribution in [3.63, 3.8) is 0 Å². The van der Waals surface area contributed by atoms with Gasteiger partial charge in [0.05, 0.1) is 0 Å². The van der Waals surface area contributed by atoms with Gasteiger partial charge in [-0.2, -0.15) is 0 Å². The van der Waals surface area contributed by atoms with Gasteiger partial charge >= 0.3 is 0 Å². The number of nitrogens with one attached hydrogen (secondary N) is 1. The predicted octanol–water partition coefficient (Wildman–Crippen LogP) is 1.33. The Kier molecular flexibility index (Phi) is 6.02. The van der Waals surface area contributed by atoms with Crippen LogP contribution in [0.25, 0.3) is 0 Å². The molecule has 1 fully saturated rings. The zero-order valence-corrected chi connectivity index (χ0v) is 12.3. The molecule has 0 spiro atoms. The fraction of sp³-hybridized carbons (Fsp3) is 0.562. The van der Waals surface area contributed by atoms with Gasteiger partial charge in [0.15, 0.2) is 0 Å². The van der Waals surface area contributed by atoms with E-state index < -0.39 is 0 Å². The summed E-state index contributed by atoms with van der Waals surface area (Å²) in [5.74, 6) is 0.279. The third-order valence-electron chi connectivity index (χ3n) is 3.86. The number of likely N-dealkylation sites (N-methyl/N-ethyl adjacent to an activating group) is 1. The minimum Gasteiger partial charge on any atom is -0.340 e. The molecule has 1 aliphatic heterocycles. The van der Waals surface area contributed by atoms with Crippen molar-refractivity contribution in [1.29, 1.82) is 0 Å². The Morgan fingerprint density at radius 1 is 1.15 bits per heavy atom. The molecule has 1 N–H and O–H groups in total. The number of amides is 1. The molecule has 0 saturated carbocycles. The van der Waals surface area contributed by atoms with Crippen LogP contribution in [0.5, 0.6) is 0 Å². The number of nitrogens with zero attached hydrogens (tertiary/aromatic N) is 2. The van der Waals surface area contributed by atoms with Crippen molar-refractivity contribution in [3.05, 3.63) is 35.9 Å². The largest absolute Gasteiger partial charge is 0.340 e. The predicted molar refractivity (Wildman–Crippen MR) is 81.5 cm³/mol. The van der Waals surface area contributed by atoms with Crippen LogP contribution >= 0.6 is 0 Å². The van der Waals surface area contributed by atoms with E-state index in [-0.39, 0.29) is 5.91 Å². The minimum atomic E-state index is 0.279. The number of carbonyl (C=O) groups is 1. The highest BCUT2D eigenvalue weighted by Crippen LogP contribution is 2.03. The highest BCUT2D eigenvalue weighted by atomic mass is 16.2. The van der Waals surface area contributed by atoms with Gasteiger partial charge in [-0.05, 0) is 12.1 Å². The second kappa shape index (κ2) is 8.02. The third kappa shape index (κ3) is 4.62. The number of rotatable bonds is 6. The van der Waals surface area contributed by atoms with E-state index in [1.165, 1.54) is 5.56 Å². The van der Waals surface area contributed by atoms with Crippen LogP contribution in [0, 0.1) is 0 Å². The number of carbonyl (C=O) groups excluding carboxylic acids is 1. The first-order valence-corrected chi connectivity index (χ1v) is 7.54. The lowest BCUT2D eigenvalue weighted by atomic mass is 10.2. The molecule has 0 unspecified atom stereocenters. The van der Waals surface area contributed by atoms with E-state index in [1.54, 1.807) is 0 Å².